The molecule has 0 amide bonds. The summed E-state index contributed by atoms with van der Waals surface area (Å²) < 4.78 is 5.19. The Morgan fingerprint density at radius 2 is 1.65 bits per heavy atom. The van der Waals surface area contributed by atoms with Gasteiger partial charge in [-0.05, 0) is 17.7 Å². The van der Waals surface area contributed by atoms with E-state index in [1.54, 1.807) is 24.3 Å². The highest BCUT2D eigenvalue weighted by molar-refractivity contribution is 5.89. The largest absolute Gasteiger partial charge is 0.462 e. The Bertz CT molecular complexity index is 587. The summed E-state index contributed by atoms with van der Waals surface area (Å²) in [6.07, 6.45) is 0.499. The lowest BCUT2D eigenvalue weighted by Gasteiger charge is -2.10. The third-order valence-electron chi connectivity index (χ3n) is 3.01. The quantitative estimate of drug-likeness (QED) is 0.777. The van der Waals surface area contributed by atoms with Crippen LogP contribution in [0.5, 0.6) is 0 Å². The molecule has 0 aliphatic heterocycles. The molecule has 0 unspecified atom stereocenters. The van der Waals surface area contributed by atoms with Crippen molar-refractivity contribution < 1.29 is 9.53 Å². The number of esters is 1. The van der Waals surface area contributed by atoms with Crippen LogP contribution in [0.4, 0.5) is 0 Å². The molecule has 2 aromatic carbocycles. The van der Waals surface area contributed by atoms with E-state index >= 15 is 0 Å². The first-order valence-corrected chi connectivity index (χ1v) is 6.48. The maximum absolute atomic E-state index is 11.7. The molecule has 0 fully saturated rings. The summed E-state index contributed by atoms with van der Waals surface area (Å²) in [6.45, 7) is 0.237. The van der Waals surface area contributed by atoms with Gasteiger partial charge in [0.2, 0.25) is 0 Å². The molecule has 0 saturated heterocycles. The van der Waals surface area contributed by atoms with Gasteiger partial charge < -0.3 is 4.74 Å². The molecule has 1 atom stereocenters. The van der Waals surface area contributed by atoms with Gasteiger partial charge in [-0.25, -0.2) is 4.79 Å². The van der Waals surface area contributed by atoms with E-state index < -0.39 is 0 Å². The van der Waals surface area contributed by atoms with Crippen molar-refractivity contribution in [1.82, 2.24) is 0 Å². The average molecular weight is 265 g/mol. The predicted octanol–water partition coefficient (Wildman–Crippen LogP) is 3.54. The Labute approximate surface area is 118 Å². The van der Waals surface area contributed by atoms with Gasteiger partial charge in [0.15, 0.2) is 0 Å². The zero-order valence-corrected chi connectivity index (χ0v) is 11.0. The molecular weight excluding hydrogens is 250 g/mol. The third kappa shape index (κ3) is 3.69. The first-order chi connectivity index (χ1) is 9.81. The van der Waals surface area contributed by atoms with Crippen LogP contribution in [0, 0.1) is 11.3 Å². The molecular formula is C17H15NO2. The van der Waals surface area contributed by atoms with Gasteiger partial charge in [-0.15, -0.1) is 0 Å². The van der Waals surface area contributed by atoms with E-state index in [2.05, 4.69) is 6.07 Å². The summed E-state index contributed by atoms with van der Waals surface area (Å²) in [7, 11) is 0. The molecule has 0 aliphatic carbocycles. The van der Waals surface area contributed by atoms with Gasteiger partial charge in [0.25, 0.3) is 0 Å². The summed E-state index contributed by atoms with van der Waals surface area (Å²) in [5.74, 6) is -0.602. The molecule has 3 heteroatoms. The Morgan fingerprint density at radius 3 is 2.25 bits per heavy atom. The van der Waals surface area contributed by atoms with Gasteiger partial charge >= 0.3 is 5.97 Å². The third-order valence-corrected chi connectivity index (χ3v) is 3.01. The van der Waals surface area contributed by atoms with Gasteiger partial charge in [-0.3, -0.25) is 0 Å². The molecule has 0 N–H and O–H groups in total. The maximum atomic E-state index is 11.7. The second-order valence-corrected chi connectivity index (χ2v) is 4.38. The van der Waals surface area contributed by atoms with E-state index in [1.165, 1.54) is 0 Å². The summed E-state index contributed by atoms with van der Waals surface area (Å²) in [5.41, 5.74) is 1.48. The van der Waals surface area contributed by atoms with Crippen molar-refractivity contribution in [3.63, 3.8) is 0 Å². The van der Waals surface area contributed by atoms with Crippen LogP contribution in [0.1, 0.15) is 28.3 Å². The van der Waals surface area contributed by atoms with E-state index in [4.69, 9.17) is 4.74 Å². The zero-order valence-electron chi connectivity index (χ0n) is 11.0. The highest BCUT2D eigenvalue weighted by Crippen LogP contribution is 2.18. The van der Waals surface area contributed by atoms with Crippen LogP contribution in [0.2, 0.25) is 0 Å². The fourth-order valence-electron chi connectivity index (χ4n) is 1.92. The van der Waals surface area contributed by atoms with Crippen LogP contribution in [0.25, 0.3) is 0 Å². The number of rotatable bonds is 5. The highest BCUT2D eigenvalue weighted by Gasteiger charge is 2.12. The molecule has 0 radical (unpaired) electrons. The van der Waals surface area contributed by atoms with Crippen LogP contribution in [-0.2, 0) is 4.74 Å². The van der Waals surface area contributed by atoms with Gasteiger partial charge in [-0.1, -0.05) is 48.5 Å². The fourth-order valence-corrected chi connectivity index (χ4v) is 1.92. The molecule has 0 heterocycles. The van der Waals surface area contributed by atoms with Gasteiger partial charge in [-0.2, -0.15) is 5.26 Å². The van der Waals surface area contributed by atoms with Gasteiger partial charge in [0.05, 0.1) is 24.2 Å². The Hall–Kier alpha value is -2.60. The molecule has 0 spiro atoms. The van der Waals surface area contributed by atoms with E-state index in [0.717, 1.165) is 5.56 Å². The normalized spacial score (nSPS) is 11.3. The van der Waals surface area contributed by atoms with Crippen molar-refractivity contribution in [2.24, 2.45) is 0 Å². The monoisotopic (exact) mass is 265 g/mol. The topological polar surface area (TPSA) is 50.1 Å². The van der Waals surface area contributed by atoms with E-state index in [0.29, 0.717) is 12.0 Å². The number of ether oxygens (including phenoxy) is 1. The van der Waals surface area contributed by atoms with Crippen LogP contribution in [-0.4, -0.2) is 12.6 Å². The van der Waals surface area contributed by atoms with Crippen LogP contribution < -0.4 is 0 Å². The zero-order chi connectivity index (χ0) is 14.2. The van der Waals surface area contributed by atoms with Gasteiger partial charge in [0, 0.05) is 6.42 Å². The Balaban J connectivity index is 1.86. The van der Waals surface area contributed by atoms with E-state index in [-0.39, 0.29) is 18.5 Å². The molecule has 100 valence electrons. The van der Waals surface area contributed by atoms with Crippen molar-refractivity contribution in [1.29, 1.82) is 5.26 Å². The minimum Gasteiger partial charge on any atom is -0.462 e. The first-order valence-electron chi connectivity index (χ1n) is 6.48. The van der Waals surface area contributed by atoms with Crippen molar-refractivity contribution >= 4 is 5.97 Å². The molecule has 2 rings (SSSR count). The second kappa shape index (κ2) is 7.10. The molecule has 0 aliphatic rings. The standard InChI is InChI=1S/C17H15NO2/c18-13-16(14-7-3-1-4-8-14)11-12-20-17(19)15-9-5-2-6-10-15/h1-10,16H,11-12H2/t16-/m0/s1. The Morgan fingerprint density at radius 1 is 1.05 bits per heavy atom. The molecule has 0 bridgehead atoms. The number of hydrogen-bond acceptors (Lipinski definition) is 3. The summed E-state index contributed by atoms with van der Waals surface area (Å²) in [6, 6.07) is 20.6. The lowest BCUT2D eigenvalue weighted by Crippen LogP contribution is -2.09. The lowest BCUT2D eigenvalue weighted by atomic mass is 9.98. The average Bonchev–Trinajstić information content (AvgIpc) is 2.53. The van der Waals surface area contributed by atoms with Crippen molar-refractivity contribution in [3.8, 4) is 6.07 Å². The lowest BCUT2D eigenvalue weighted by molar-refractivity contribution is 0.0497. The number of carbonyl (C=O) groups is 1. The summed E-state index contributed by atoms with van der Waals surface area (Å²) >= 11 is 0. The summed E-state index contributed by atoms with van der Waals surface area (Å²) in [5, 5.41) is 9.17. The minimum absolute atomic E-state index is 0.237. The molecule has 3 nitrogen and oxygen atoms in total. The molecule has 20 heavy (non-hydrogen) atoms. The van der Waals surface area contributed by atoms with Crippen molar-refractivity contribution in [2.45, 2.75) is 12.3 Å². The van der Waals surface area contributed by atoms with Crippen LogP contribution in [0.15, 0.2) is 60.7 Å². The molecule has 0 saturated carbocycles. The molecule has 2 aromatic rings. The van der Waals surface area contributed by atoms with E-state index in [9.17, 15) is 10.1 Å². The highest BCUT2D eigenvalue weighted by atomic mass is 16.5. The first kappa shape index (κ1) is 13.8. The number of carbonyl (C=O) groups excluding carboxylic acids is 1. The number of nitrogens with zero attached hydrogens (tertiary/aromatic N) is 1. The minimum atomic E-state index is -0.352. The number of hydrogen-bond donors (Lipinski definition) is 0. The fraction of sp³-hybridized carbons (Fsp3) is 0.176. The van der Waals surface area contributed by atoms with Crippen LogP contribution >= 0.6 is 0 Å². The van der Waals surface area contributed by atoms with Crippen LogP contribution in [0.3, 0.4) is 0 Å². The van der Waals surface area contributed by atoms with Crippen molar-refractivity contribution in [3.05, 3.63) is 71.8 Å². The summed E-state index contributed by atoms with van der Waals surface area (Å²) in [4.78, 5) is 11.7. The van der Waals surface area contributed by atoms with Gasteiger partial charge in [0.1, 0.15) is 0 Å². The Kier molecular flexibility index (Phi) is 4.91. The molecule has 0 aromatic heterocycles. The predicted molar refractivity (Wildman–Crippen MR) is 76.1 cm³/mol. The van der Waals surface area contributed by atoms with Crippen molar-refractivity contribution in [2.75, 3.05) is 6.61 Å². The SMILES string of the molecule is N#C[C@H](CCOC(=O)c1ccccc1)c1ccccc1. The number of nitriles is 1. The smallest absolute Gasteiger partial charge is 0.338 e. The maximum Gasteiger partial charge on any atom is 0.338 e. The number of benzene rings is 2. The van der Waals surface area contributed by atoms with E-state index in [1.807, 2.05) is 36.4 Å². The second-order valence-electron chi connectivity index (χ2n) is 4.38.